The van der Waals surface area contributed by atoms with E-state index in [2.05, 4.69) is 0 Å². The summed E-state index contributed by atoms with van der Waals surface area (Å²) in [5, 5.41) is 0. The number of likely N-dealkylation sites (tertiary alicyclic amines) is 1. The van der Waals surface area contributed by atoms with Crippen LogP contribution in [0.15, 0.2) is 0 Å². The van der Waals surface area contributed by atoms with Gasteiger partial charge in [0.05, 0.1) is 0 Å². The molecule has 0 saturated carbocycles. The molecule has 0 aromatic carbocycles. The smallest absolute Gasteiger partial charge is 0.145 e. The van der Waals surface area contributed by atoms with Crippen molar-refractivity contribution in [3.63, 3.8) is 0 Å². The van der Waals surface area contributed by atoms with Gasteiger partial charge in [-0.05, 0) is 20.8 Å². The molecule has 0 amide bonds. The number of rotatable bonds is 0. The topological polar surface area (TPSA) is 3.24 Å². The molecule has 3 heteroatoms. The summed E-state index contributed by atoms with van der Waals surface area (Å²) in [6, 6.07) is 0. The summed E-state index contributed by atoms with van der Waals surface area (Å²) in [4.78, 5) is 1.84. The van der Waals surface area contributed by atoms with E-state index in [0.29, 0.717) is 0 Å². The third-order valence-electron chi connectivity index (χ3n) is 2.13. The Bertz CT molecular complexity index is 132. The van der Waals surface area contributed by atoms with E-state index < -0.39 is 12.3 Å². The van der Waals surface area contributed by atoms with Crippen molar-refractivity contribution in [2.45, 2.75) is 38.7 Å². The molecular formula is C8H15F2N. The van der Waals surface area contributed by atoms with Gasteiger partial charge in [0.25, 0.3) is 0 Å². The first-order valence-corrected chi connectivity index (χ1v) is 3.94. The second-order valence-electron chi connectivity index (χ2n) is 4.11. The zero-order valence-corrected chi connectivity index (χ0v) is 7.27. The van der Waals surface area contributed by atoms with Crippen molar-refractivity contribution in [2.75, 3.05) is 13.1 Å². The van der Waals surface area contributed by atoms with Crippen LogP contribution in [-0.2, 0) is 0 Å². The Morgan fingerprint density at radius 1 is 1.09 bits per heavy atom. The van der Waals surface area contributed by atoms with E-state index in [-0.39, 0.29) is 18.6 Å². The average Bonchev–Trinajstić information content (AvgIpc) is 2.11. The number of halogens is 2. The van der Waals surface area contributed by atoms with Crippen molar-refractivity contribution in [2.24, 2.45) is 0 Å². The van der Waals surface area contributed by atoms with Crippen LogP contribution >= 0.6 is 0 Å². The Morgan fingerprint density at radius 2 is 1.45 bits per heavy atom. The Hall–Kier alpha value is -0.180. The van der Waals surface area contributed by atoms with Crippen molar-refractivity contribution >= 4 is 0 Å². The third kappa shape index (κ3) is 1.89. The Balaban J connectivity index is 2.54. The van der Waals surface area contributed by atoms with Crippen molar-refractivity contribution < 1.29 is 8.78 Å². The minimum absolute atomic E-state index is 0.106. The van der Waals surface area contributed by atoms with Gasteiger partial charge in [-0.1, -0.05) is 0 Å². The van der Waals surface area contributed by atoms with Crippen molar-refractivity contribution in [3.8, 4) is 0 Å². The Labute approximate surface area is 66.4 Å². The third-order valence-corrected chi connectivity index (χ3v) is 2.13. The Kier molecular flexibility index (Phi) is 2.19. The largest absolute Gasteiger partial charge is 0.292 e. The zero-order valence-electron chi connectivity index (χ0n) is 7.27. The Morgan fingerprint density at radius 3 is 1.64 bits per heavy atom. The lowest BCUT2D eigenvalue weighted by molar-refractivity contribution is 0.158. The number of hydrogen-bond acceptors (Lipinski definition) is 1. The molecule has 1 rings (SSSR count). The molecule has 1 aliphatic rings. The van der Waals surface area contributed by atoms with Gasteiger partial charge in [-0.3, -0.25) is 4.90 Å². The summed E-state index contributed by atoms with van der Waals surface area (Å²) in [7, 11) is 0. The highest BCUT2D eigenvalue weighted by Crippen LogP contribution is 2.24. The molecule has 1 fully saturated rings. The molecule has 1 saturated heterocycles. The first-order chi connectivity index (χ1) is 4.91. The molecule has 2 unspecified atom stereocenters. The summed E-state index contributed by atoms with van der Waals surface area (Å²) in [6.07, 6.45) is -2.57. The molecular weight excluding hydrogens is 148 g/mol. The van der Waals surface area contributed by atoms with E-state index >= 15 is 0 Å². The number of hydrogen-bond donors (Lipinski definition) is 0. The molecule has 0 aromatic heterocycles. The van der Waals surface area contributed by atoms with Gasteiger partial charge in [0.15, 0.2) is 0 Å². The van der Waals surface area contributed by atoms with Crippen LogP contribution in [0.25, 0.3) is 0 Å². The molecule has 1 nitrogen and oxygen atoms in total. The van der Waals surface area contributed by atoms with Crippen LogP contribution in [-0.4, -0.2) is 35.9 Å². The van der Waals surface area contributed by atoms with Gasteiger partial charge < -0.3 is 0 Å². The van der Waals surface area contributed by atoms with Crippen molar-refractivity contribution in [3.05, 3.63) is 0 Å². The van der Waals surface area contributed by atoms with Crippen molar-refractivity contribution in [1.82, 2.24) is 4.90 Å². The van der Waals surface area contributed by atoms with Gasteiger partial charge >= 0.3 is 0 Å². The zero-order chi connectivity index (χ0) is 8.65. The van der Waals surface area contributed by atoms with Crippen LogP contribution < -0.4 is 0 Å². The predicted octanol–water partition coefficient (Wildman–Crippen LogP) is 1.78. The molecule has 0 N–H and O–H groups in total. The number of nitrogens with zero attached hydrogens (tertiary/aromatic N) is 1. The highest BCUT2D eigenvalue weighted by molar-refractivity contribution is 4.90. The standard InChI is InChI=1S/C8H15F2N/c1-8(2,3)11-4-6(9)7(10)5-11/h6-7H,4-5H2,1-3H3. The molecule has 0 aromatic rings. The fraction of sp³-hybridized carbons (Fsp3) is 1.00. The molecule has 1 aliphatic heterocycles. The van der Waals surface area contributed by atoms with Gasteiger partial charge in [-0.2, -0.15) is 0 Å². The number of alkyl halides is 2. The lowest BCUT2D eigenvalue weighted by Crippen LogP contribution is -2.39. The maximum absolute atomic E-state index is 12.7. The molecule has 0 aliphatic carbocycles. The van der Waals surface area contributed by atoms with Crippen LogP contribution in [0, 0.1) is 0 Å². The van der Waals surface area contributed by atoms with E-state index in [0.717, 1.165) is 0 Å². The average molecular weight is 163 g/mol. The molecule has 0 radical (unpaired) electrons. The highest BCUT2D eigenvalue weighted by atomic mass is 19.2. The van der Waals surface area contributed by atoms with Gasteiger partial charge in [0, 0.05) is 18.6 Å². The first-order valence-electron chi connectivity index (χ1n) is 3.94. The summed E-state index contributed by atoms with van der Waals surface area (Å²) in [5.74, 6) is 0. The fourth-order valence-electron chi connectivity index (χ4n) is 1.27. The summed E-state index contributed by atoms with van der Waals surface area (Å²) >= 11 is 0. The minimum Gasteiger partial charge on any atom is -0.292 e. The normalized spacial score (nSPS) is 34.6. The summed E-state index contributed by atoms with van der Waals surface area (Å²) < 4.78 is 25.4. The summed E-state index contributed by atoms with van der Waals surface area (Å²) in [5.41, 5.74) is -0.106. The second-order valence-corrected chi connectivity index (χ2v) is 4.11. The molecule has 0 bridgehead atoms. The molecule has 0 spiro atoms. The maximum Gasteiger partial charge on any atom is 0.145 e. The molecule has 66 valence electrons. The van der Waals surface area contributed by atoms with E-state index in [9.17, 15) is 8.78 Å². The van der Waals surface area contributed by atoms with Crippen molar-refractivity contribution in [1.29, 1.82) is 0 Å². The van der Waals surface area contributed by atoms with Gasteiger partial charge in [0.1, 0.15) is 12.3 Å². The quantitative estimate of drug-likeness (QED) is 0.526. The minimum atomic E-state index is -1.28. The molecule has 11 heavy (non-hydrogen) atoms. The van der Waals surface area contributed by atoms with Crippen LogP contribution in [0.4, 0.5) is 8.78 Å². The lowest BCUT2D eigenvalue weighted by Gasteiger charge is -2.30. The van der Waals surface area contributed by atoms with Crippen LogP contribution in [0.2, 0.25) is 0 Å². The van der Waals surface area contributed by atoms with E-state index in [1.807, 2.05) is 25.7 Å². The molecule has 2 atom stereocenters. The maximum atomic E-state index is 12.7. The van der Waals surface area contributed by atoms with E-state index in [1.165, 1.54) is 0 Å². The predicted molar refractivity (Wildman–Crippen MR) is 41.1 cm³/mol. The SMILES string of the molecule is CC(C)(C)N1CC(F)C(F)C1. The van der Waals surface area contributed by atoms with Gasteiger partial charge in [-0.15, -0.1) is 0 Å². The lowest BCUT2D eigenvalue weighted by atomic mass is 10.1. The summed E-state index contributed by atoms with van der Waals surface area (Å²) in [6.45, 7) is 6.39. The van der Waals surface area contributed by atoms with E-state index in [1.54, 1.807) is 0 Å². The van der Waals surface area contributed by atoms with Crippen LogP contribution in [0.5, 0.6) is 0 Å². The second kappa shape index (κ2) is 2.70. The fourth-order valence-corrected chi connectivity index (χ4v) is 1.27. The van der Waals surface area contributed by atoms with Gasteiger partial charge in [-0.25, -0.2) is 8.78 Å². The van der Waals surface area contributed by atoms with E-state index in [4.69, 9.17) is 0 Å². The first kappa shape index (κ1) is 8.91. The van der Waals surface area contributed by atoms with Crippen LogP contribution in [0.3, 0.4) is 0 Å². The van der Waals surface area contributed by atoms with Crippen LogP contribution in [0.1, 0.15) is 20.8 Å². The molecule has 1 heterocycles. The van der Waals surface area contributed by atoms with Gasteiger partial charge in [0.2, 0.25) is 0 Å². The highest BCUT2D eigenvalue weighted by Gasteiger charge is 2.37. The monoisotopic (exact) mass is 163 g/mol.